The normalized spacial score (nSPS) is 51.4. The van der Waals surface area contributed by atoms with Crippen LogP contribution in [0.15, 0.2) is 12.2 Å². The second-order valence-electron chi connectivity index (χ2n) is 12.2. The highest BCUT2D eigenvalue weighted by Crippen LogP contribution is 2.62. The summed E-state index contributed by atoms with van der Waals surface area (Å²) in [5, 5.41) is 9.59. The first kappa shape index (κ1) is 18.0. The zero-order valence-electron chi connectivity index (χ0n) is 17.4. The van der Waals surface area contributed by atoms with Crippen molar-refractivity contribution in [2.45, 2.75) is 77.0 Å². The van der Waals surface area contributed by atoms with E-state index in [1.54, 1.807) is 0 Å². The molecular formula is C26H38O2. The summed E-state index contributed by atoms with van der Waals surface area (Å²) < 4.78 is 0. The Bertz CT molecular complexity index is 607. The summed E-state index contributed by atoms with van der Waals surface area (Å²) in [4.78, 5) is 11.7. The van der Waals surface area contributed by atoms with Gasteiger partial charge in [-0.1, -0.05) is 6.58 Å². The van der Waals surface area contributed by atoms with Crippen LogP contribution in [0.25, 0.3) is 0 Å². The number of carbonyl (C=O) groups is 1. The molecule has 0 aromatic heterocycles. The topological polar surface area (TPSA) is 37.3 Å². The van der Waals surface area contributed by atoms with Gasteiger partial charge < -0.3 is 5.11 Å². The van der Waals surface area contributed by atoms with Crippen LogP contribution in [0.3, 0.4) is 0 Å². The van der Waals surface area contributed by atoms with Crippen LogP contribution in [0.4, 0.5) is 0 Å². The van der Waals surface area contributed by atoms with Crippen LogP contribution in [0.2, 0.25) is 0 Å². The fourth-order valence-electron chi connectivity index (χ4n) is 10.3. The van der Waals surface area contributed by atoms with Crippen molar-refractivity contribution in [2.75, 3.05) is 0 Å². The molecule has 8 rings (SSSR count). The Balaban J connectivity index is 1.25. The van der Waals surface area contributed by atoms with E-state index in [1.807, 2.05) is 0 Å². The number of rotatable bonds is 6. The lowest BCUT2D eigenvalue weighted by molar-refractivity contribution is -0.133. The molecule has 8 aliphatic carbocycles. The summed E-state index contributed by atoms with van der Waals surface area (Å²) in [6, 6.07) is 0. The summed E-state index contributed by atoms with van der Waals surface area (Å²) in [6.07, 6.45) is 16.9. The van der Waals surface area contributed by atoms with Crippen LogP contribution >= 0.6 is 0 Å². The minimum atomic E-state index is -0.751. The van der Waals surface area contributed by atoms with Gasteiger partial charge in [0.2, 0.25) is 0 Å². The number of aliphatic carboxylic acids is 1. The van der Waals surface area contributed by atoms with Crippen molar-refractivity contribution in [2.24, 2.45) is 65.1 Å². The number of carboxylic acids is 1. The van der Waals surface area contributed by atoms with Crippen molar-refractivity contribution in [3.63, 3.8) is 0 Å². The maximum Gasteiger partial charge on any atom is 0.330 e. The van der Waals surface area contributed by atoms with E-state index in [9.17, 15) is 9.90 Å². The van der Waals surface area contributed by atoms with Gasteiger partial charge in [0.15, 0.2) is 0 Å². The first-order chi connectivity index (χ1) is 13.5. The Labute approximate surface area is 170 Å². The molecule has 2 heteroatoms. The lowest BCUT2D eigenvalue weighted by atomic mass is 9.46. The molecule has 1 N–H and O–H groups in total. The van der Waals surface area contributed by atoms with Gasteiger partial charge >= 0.3 is 5.97 Å². The summed E-state index contributed by atoms with van der Waals surface area (Å²) in [7, 11) is 0. The first-order valence-corrected chi connectivity index (χ1v) is 12.4. The van der Waals surface area contributed by atoms with E-state index >= 15 is 0 Å². The molecule has 0 amide bonds. The molecule has 2 nitrogen and oxygen atoms in total. The van der Waals surface area contributed by atoms with Crippen molar-refractivity contribution >= 4 is 5.97 Å². The molecule has 0 spiro atoms. The van der Waals surface area contributed by atoms with E-state index in [1.165, 1.54) is 70.6 Å². The van der Waals surface area contributed by atoms with E-state index < -0.39 is 5.97 Å². The highest BCUT2D eigenvalue weighted by atomic mass is 16.4. The fourth-order valence-corrected chi connectivity index (χ4v) is 10.3. The van der Waals surface area contributed by atoms with Crippen molar-refractivity contribution < 1.29 is 9.90 Å². The van der Waals surface area contributed by atoms with Gasteiger partial charge in [0, 0.05) is 5.57 Å². The Morgan fingerprint density at radius 1 is 0.750 bits per heavy atom. The van der Waals surface area contributed by atoms with Gasteiger partial charge in [0.05, 0.1) is 0 Å². The molecule has 8 fully saturated rings. The summed E-state index contributed by atoms with van der Waals surface area (Å²) in [6.45, 7) is 3.99. The molecule has 1 unspecified atom stereocenters. The molecule has 0 aromatic rings. The predicted octanol–water partition coefficient (Wildman–Crippen LogP) is 6.17. The zero-order valence-corrected chi connectivity index (χ0v) is 17.4. The largest absolute Gasteiger partial charge is 0.478 e. The number of hydrogen-bond donors (Lipinski definition) is 1. The van der Waals surface area contributed by atoms with Crippen molar-refractivity contribution in [1.29, 1.82) is 0 Å². The molecular weight excluding hydrogens is 344 g/mol. The van der Waals surface area contributed by atoms with Gasteiger partial charge in [0.25, 0.3) is 0 Å². The maximum absolute atomic E-state index is 11.7. The van der Waals surface area contributed by atoms with Gasteiger partial charge in [-0.15, -0.1) is 0 Å². The highest BCUT2D eigenvalue weighted by Gasteiger charge is 2.53. The van der Waals surface area contributed by atoms with Gasteiger partial charge in [-0.3, -0.25) is 0 Å². The quantitative estimate of drug-likeness (QED) is 0.558. The molecule has 0 radical (unpaired) electrons. The van der Waals surface area contributed by atoms with Crippen molar-refractivity contribution in [3.8, 4) is 0 Å². The van der Waals surface area contributed by atoms with Gasteiger partial charge in [-0.05, 0) is 142 Å². The van der Waals surface area contributed by atoms with E-state index in [2.05, 4.69) is 6.58 Å². The van der Waals surface area contributed by atoms with Crippen LogP contribution in [-0.4, -0.2) is 11.1 Å². The van der Waals surface area contributed by atoms with Gasteiger partial charge in [0.1, 0.15) is 0 Å². The van der Waals surface area contributed by atoms with Crippen LogP contribution < -0.4 is 0 Å². The van der Waals surface area contributed by atoms with Crippen molar-refractivity contribution in [3.05, 3.63) is 12.2 Å². The number of hydrogen-bond acceptors (Lipinski definition) is 1. The molecule has 0 aromatic carbocycles. The molecule has 0 heterocycles. The first-order valence-electron chi connectivity index (χ1n) is 12.4. The summed E-state index contributed by atoms with van der Waals surface area (Å²) in [5.41, 5.74) is 0.489. The Kier molecular flexibility index (Phi) is 4.25. The minimum absolute atomic E-state index is 0.489. The minimum Gasteiger partial charge on any atom is -0.478 e. The van der Waals surface area contributed by atoms with Crippen LogP contribution in [0.5, 0.6) is 0 Å². The molecule has 1 atom stereocenters. The van der Waals surface area contributed by atoms with Crippen LogP contribution in [0.1, 0.15) is 77.0 Å². The van der Waals surface area contributed by atoms with E-state index in [0.29, 0.717) is 11.5 Å². The van der Waals surface area contributed by atoms with E-state index in [0.717, 1.165) is 65.6 Å². The SMILES string of the molecule is C=C(CC(CC1C2CC3CC(C2)CC1C3)C1C2CC3CC(C2)CC1C3)C(=O)O. The predicted molar refractivity (Wildman–Crippen MR) is 111 cm³/mol. The smallest absolute Gasteiger partial charge is 0.330 e. The van der Waals surface area contributed by atoms with E-state index in [4.69, 9.17) is 0 Å². The highest BCUT2D eigenvalue weighted by molar-refractivity contribution is 5.85. The molecule has 8 bridgehead atoms. The molecule has 154 valence electrons. The third kappa shape index (κ3) is 2.91. The maximum atomic E-state index is 11.7. The zero-order chi connectivity index (χ0) is 19.0. The average molecular weight is 383 g/mol. The Morgan fingerprint density at radius 3 is 1.61 bits per heavy atom. The van der Waals surface area contributed by atoms with Crippen LogP contribution in [-0.2, 0) is 4.79 Å². The fraction of sp³-hybridized carbons (Fsp3) is 0.885. The number of carboxylic acid groups (broad SMARTS) is 1. The molecule has 8 saturated carbocycles. The second-order valence-corrected chi connectivity index (χ2v) is 12.2. The van der Waals surface area contributed by atoms with E-state index in [-0.39, 0.29) is 0 Å². The molecule has 0 saturated heterocycles. The lowest BCUT2D eigenvalue weighted by Gasteiger charge is -2.59. The molecule has 0 aliphatic heterocycles. The third-order valence-corrected chi connectivity index (χ3v) is 10.7. The Hall–Kier alpha value is -0.790. The Morgan fingerprint density at radius 2 is 1.18 bits per heavy atom. The van der Waals surface area contributed by atoms with Gasteiger partial charge in [-0.25, -0.2) is 4.79 Å². The van der Waals surface area contributed by atoms with Crippen LogP contribution in [0, 0.1) is 65.1 Å². The summed E-state index contributed by atoms with van der Waals surface area (Å²) >= 11 is 0. The monoisotopic (exact) mass is 382 g/mol. The molecule has 28 heavy (non-hydrogen) atoms. The summed E-state index contributed by atoms with van der Waals surface area (Å²) in [5.74, 6) is 9.37. The lowest BCUT2D eigenvalue weighted by Crippen LogP contribution is -2.50. The average Bonchev–Trinajstić information content (AvgIpc) is 2.62. The second kappa shape index (κ2) is 6.61. The van der Waals surface area contributed by atoms with Gasteiger partial charge in [-0.2, -0.15) is 0 Å². The molecule has 8 aliphatic rings. The standard InChI is InChI=1S/C26H38O2/c1-14(26(27)28)2-21(25-22-9-17-4-18(11-22)12-23(25)10-17)13-24-19-5-15-3-16(7-19)8-20(24)6-15/h15-25H,1-13H2,(H,27,28). The third-order valence-electron chi connectivity index (χ3n) is 10.7. The van der Waals surface area contributed by atoms with Crippen molar-refractivity contribution in [1.82, 2.24) is 0 Å².